The normalized spacial score (nSPS) is 26.5. The quantitative estimate of drug-likeness (QED) is 0.626. The molecule has 2 unspecified atom stereocenters. The molecule has 1 aromatic rings. The van der Waals surface area contributed by atoms with Crippen LogP contribution in [0.1, 0.15) is 44.6 Å². The lowest BCUT2D eigenvalue weighted by atomic mass is 9.73. The summed E-state index contributed by atoms with van der Waals surface area (Å²) < 4.78 is 0. The third kappa shape index (κ3) is 4.91. The van der Waals surface area contributed by atoms with Crippen LogP contribution in [0.2, 0.25) is 0 Å². The maximum Gasteiger partial charge on any atom is 0.315 e. The molecule has 2 N–H and O–H groups in total. The molecule has 0 spiro atoms. The van der Waals surface area contributed by atoms with Crippen LogP contribution in [-0.4, -0.2) is 89.1 Å². The van der Waals surface area contributed by atoms with Crippen molar-refractivity contribution in [3.8, 4) is 0 Å². The lowest BCUT2D eigenvalue weighted by Crippen LogP contribution is -2.67. The monoisotopic (exact) mass is 442 g/mol. The van der Waals surface area contributed by atoms with Gasteiger partial charge in [0.1, 0.15) is 11.7 Å². The summed E-state index contributed by atoms with van der Waals surface area (Å²) in [6.07, 6.45) is 5.57. The fourth-order valence-electron chi connectivity index (χ4n) is 6.28. The summed E-state index contributed by atoms with van der Waals surface area (Å²) in [6.45, 7) is 8.59. The van der Waals surface area contributed by atoms with Gasteiger partial charge in [-0.25, -0.2) is 0 Å². The number of hydrogen-bond donors (Lipinski definition) is 2. The first-order chi connectivity index (χ1) is 15.5. The van der Waals surface area contributed by atoms with Gasteiger partial charge in [0.25, 0.3) is 0 Å². The first-order valence-electron chi connectivity index (χ1n) is 12.2. The zero-order valence-corrected chi connectivity index (χ0v) is 19.3. The summed E-state index contributed by atoms with van der Waals surface area (Å²) in [5.41, 5.74) is 0.795. The van der Waals surface area contributed by atoms with Gasteiger partial charge >= 0.3 is 5.97 Å². The lowest BCUT2D eigenvalue weighted by Gasteiger charge is -2.53. The molecule has 7 heteroatoms. The Bertz CT molecular complexity index is 759. The molecule has 3 aliphatic heterocycles. The van der Waals surface area contributed by atoms with E-state index in [0.717, 1.165) is 52.4 Å². The largest absolute Gasteiger partial charge is 0.481 e. The van der Waals surface area contributed by atoms with E-state index in [1.165, 1.54) is 31.7 Å². The Morgan fingerprint density at radius 3 is 2.38 bits per heavy atom. The number of likely N-dealkylation sites (tertiary alicyclic amines) is 1. The van der Waals surface area contributed by atoms with E-state index in [0.29, 0.717) is 19.0 Å². The number of ketones is 1. The molecule has 3 heterocycles. The van der Waals surface area contributed by atoms with Crippen LogP contribution in [0, 0.1) is 5.92 Å². The van der Waals surface area contributed by atoms with E-state index in [4.69, 9.17) is 0 Å². The molecule has 3 fully saturated rings. The van der Waals surface area contributed by atoms with Crippen molar-refractivity contribution in [2.75, 3.05) is 45.8 Å². The molecule has 2 atom stereocenters. The maximum atomic E-state index is 12.4. The second-order valence-corrected chi connectivity index (χ2v) is 9.69. The highest BCUT2D eigenvalue weighted by Gasteiger charge is 2.51. The Morgan fingerprint density at radius 2 is 1.75 bits per heavy atom. The number of piperidine rings is 2. The van der Waals surface area contributed by atoms with Crippen LogP contribution in [0.4, 0.5) is 0 Å². The number of rotatable bonds is 7. The number of hydrogen-bond acceptors (Lipinski definition) is 6. The molecule has 7 nitrogen and oxygen atoms in total. The van der Waals surface area contributed by atoms with Crippen molar-refractivity contribution < 1.29 is 14.7 Å². The van der Waals surface area contributed by atoms with E-state index >= 15 is 0 Å². The highest BCUT2D eigenvalue weighted by atomic mass is 16.4. The summed E-state index contributed by atoms with van der Waals surface area (Å²) in [7, 11) is 0. The van der Waals surface area contributed by atoms with Gasteiger partial charge in [-0.3, -0.25) is 24.3 Å². The molecule has 0 saturated carbocycles. The van der Waals surface area contributed by atoms with Crippen LogP contribution in [0.5, 0.6) is 0 Å². The third-order valence-electron chi connectivity index (χ3n) is 7.83. The predicted octanol–water partition coefficient (Wildman–Crippen LogP) is 2.03. The van der Waals surface area contributed by atoms with E-state index in [-0.39, 0.29) is 5.78 Å². The standard InChI is InChI=1S/C25H38N4O3/c1-20(30)23(24(31)32)25(10-12-26-13-11-25)29-17-15-27(16-18-29)22-9-5-6-14-28(22)19-21-7-3-2-4-8-21/h2-4,7-8,22-23,26H,5-6,9-19H2,1H3,(H,31,32). The second-order valence-electron chi connectivity index (χ2n) is 9.69. The van der Waals surface area contributed by atoms with Crippen LogP contribution in [0.3, 0.4) is 0 Å². The Balaban J connectivity index is 1.45. The van der Waals surface area contributed by atoms with E-state index < -0.39 is 17.4 Å². The Hall–Kier alpha value is -1.80. The van der Waals surface area contributed by atoms with Crippen LogP contribution >= 0.6 is 0 Å². The molecule has 0 aliphatic carbocycles. The molecule has 0 radical (unpaired) electrons. The first-order valence-corrected chi connectivity index (χ1v) is 12.2. The van der Waals surface area contributed by atoms with Gasteiger partial charge in [0.15, 0.2) is 0 Å². The van der Waals surface area contributed by atoms with Gasteiger partial charge in [0.2, 0.25) is 0 Å². The summed E-state index contributed by atoms with van der Waals surface area (Å²) in [5, 5.41) is 13.3. The number of Topliss-reactive ketones (excluding diaryl/α,β-unsaturated/α-hetero) is 1. The molecule has 4 rings (SSSR count). The zero-order chi connectivity index (χ0) is 22.6. The maximum absolute atomic E-state index is 12.4. The van der Waals surface area contributed by atoms with E-state index in [9.17, 15) is 14.7 Å². The third-order valence-corrected chi connectivity index (χ3v) is 7.83. The average molecular weight is 443 g/mol. The van der Waals surface area contributed by atoms with Crippen LogP contribution in [0.25, 0.3) is 0 Å². The number of piperazine rings is 1. The van der Waals surface area contributed by atoms with E-state index in [2.05, 4.69) is 50.3 Å². The minimum atomic E-state index is -0.969. The number of carbonyl (C=O) groups excluding carboxylic acids is 1. The van der Waals surface area contributed by atoms with Crippen molar-refractivity contribution in [1.29, 1.82) is 0 Å². The van der Waals surface area contributed by atoms with Crippen molar-refractivity contribution in [3.05, 3.63) is 35.9 Å². The SMILES string of the molecule is CC(=O)C(C(=O)O)C1(N2CCN(C3CCCCN3Cc3ccccc3)CC2)CCNCC1. The Labute approximate surface area is 191 Å². The number of carboxylic acids is 1. The topological polar surface area (TPSA) is 76.1 Å². The molecule has 176 valence electrons. The summed E-state index contributed by atoms with van der Waals surface area (Å²) in [6, 6.07) is 10.7. The summed E-state index contributed by atoms with van der Waals surface area (Å²) in [5.74, 6) is -2.13. The average Bonchev–Trinajstić information content (AvgIpc) is 2.80. The van der Waals surface area contributed by atoms with Crippen molar-refractivity contribution in [2.24, 2.45) is 5.92 Å². The number of nitrogens with zero attached hydrogens (tertiary/aromatic N) is 3. The van der Waals surface area contributed by atoms with Gasteiger partial charge in [-0.2, -0.15) is 0 Å². The van der Waals surface area contributed by atoms with Crippen molar-refractivity contribution in [2.45, 2.75) is 57.3 Å². The first kappa shape index (κ1) is 23.4. The van der Waals surface area contributed by atoms with Gasteiger partial charge in [0.05, 0.1) is 6.17 Å². The van der Waals surface area contributed by atoms with Gasteiger partial charge in [-0.15, -0.1) is 0 Å². The summed E-state index contributed by atoms with van der Waals surface area (Å²) in [4.78, 5) is 32.1. The smallest absolute Gasteiger partial charge is 0.315 e. The molecule has 0 aromatic heterocycles. The van der Waals surface area contributed by atoms with Crippen molar-refractivity contribution >= 4 is 11.8 Å². The molecule has 0 bridgehead atoms. The van der Waals surface area contributed by atoms with Gasteiger partial charge in [-0.05, 0) is 64.2 Å². The molecule has 1 aromatic carbocycles. The fourth-order valence-corrected chi connectivity index (χ4v) is 6.28. The van der Waals surface area contributed by atoms with Gasteiger partial charge < -0.3 is 10.4 Å². The highest BCUT2D eigenvalue weighted by molar-refractivity contribution is 5.98. The lowest BCUT2D eigenvalue weighted by molar-refractivity contribution is -0.156. The van der Waals surface area contributed by atoms with Crippen molar-refractivity contribution in [1.82, 2.24) is 20.0 Å². The van der Waals surface area contributed by atoms with E-state index in [1.807, 2.05) is 0 Å². The molecule has 32 heavy (non-hydrogen) atoms. The molecular formula is C25H38N4O3. The van der Waals surface area contributed by atoms with Gasteiger partial charge in [-0.1, -0.05) is 30.3 Å². The zero-order valence-electron chi connectivity index (χ0n) is 19.3. The second kappa shape index (κ2) is 10.4. The summed E-state index contributed by atoms with van der Waals surface area (Å²) >= 11 is 0. The van der Waals surface area contributed by atoms with E-state index in [1.54, 1.807) is 0 Å². The number of nitrogens with one attached hydrogen (secondary N) is 1. The molecule has 0 amide bonds. The molecule has 3 saturated heterocycles. The molecular weight excluding hydrogens is 404 g/mol. The van der Waals surface area contributed by atoms with Crippen LogP contribution in [0.15, 0.2) is 30.3 Å². The number of benzene rings is 1. The number of carbonyl (C=O) groups is 2. The fraction of sp³-hybridized carbons (Fsp3) is 0.680. The Morgan fingerprint density at radius 1 is 1.06 bits per heavy atom. The minimum Gasteiger partial charge on any atom is -0.481 e. The van der Waals surface area contributed by atoms with Gasteiger partial charge in [0, 0.05) is 38.3 Å². The Kier molecular flexibility index (Phi) is 7.61. The highest BCUT2D eigenvalue weighted by Crippen LogP contribution is 2.36. The van der Waals surface area contributed by atoms with Crippen LogP contribution in [-0.2, 0) is 16.1 Å². The minimum absolute atomic E-state index is 0.219. The van der Waals surface area contributed by atoms with Crippen LogP contribution < -0.4 is 5.32 Å². The predicted molar refractivity (Wildman–Crippen MR) is 124 cm³/mol. The van der Waals surface area contributed by atoms with Crippen molar-refractivity contribution in [3.63, 3.8) is 0 Å². The number of aliphatic carboxylic acids is 1. The number of carboxylic acid groups (broad SMARTS) is 1. The molecule has 3 aliphatic rings.